The van der Waals surface area contributed by atoms with E-state index in [9.17, 15) is 4.79 Å². The molecule has 1 amide bonds. The molecular formula is C11H21NO2. The first-order valence-corrected chi connectivity index (χ1v) is 5.34. The lowest BCUT2D eigenvalue weighted by atomic mass is 9.95. The van der Waals surface area contributed by atoms with E-state index in [4.69, 9.17) is 4.74 Å². The largest absolute Gasteiger partial charge is 0.376 e. The number of nitrogens with one attached hydrogen (secondary N) is 1. The summed E-state index contributed by atoms with van der Waals surface area (Å²) in [6.07, 6.45) is 2.38. The third-order valence-electron chi connectivity index (χ3n) is 2.56. The van der Waals surface area contributed by atoms with Gasteiger partial charge in [-0.05, 0) is 19.8 Å². The topological polar surface area (TPSA) is 38.3 Å². The van der Waals surface area contributed by atoms with Gasteiger partial charge >= 0.3 is 0 Å². The SMILES string of the molecule is C[C@H](NC(=O)C(C)(C)C)[C@H]1CCCO1. The second-order valence-electron chi connectivity index (χ2n) is 5.06. The highest BCUT2D eigenvalue weighted by molar-refractivity contribution is 5.81. The number of ether oxygens (including phenoxy) is 1. The second kappa shape index (κ2) is 4.30. The number of hydrogen-bond acceptors (Lipinski definition) is 2. The van der Waals surface area contributed by atoms with Crippen LogP contribution in [0.1, 0.15) is 40.5 Å². The Hall–Kier alpha value is -0.570. The van der Waals surface area contributed by atoms with E-state index in [1.807, 2.05) is 27.7 Å². The van der Waals surface area contributed by atoms with Crippen LogP contribution in [-0.4, -0.2) is 24.7 Å². The first-order chi connectivity index (χ1) is 6.41. The van der Waals surface area contributed by atoms with Gasteiger partial charge in [-0.25, -0.2) is 0 Å². The summed E-state index contributed by atoms with van der Waals surface area (Å²) < 4.78 is 5.51. The first kappa shape index (κ1) is 11.5. The van der Waals surface area contributed by atoms with Gasteiger partial charge in [0.05, 0.1) is 12.1 Å². The Morgan fingerprint density at radius 3 is 2.57 bits per heavy atom. The predicted octanol–water partition coefficient (Wildman–Crippen LogP) is 1.72. The van der Waals surface area contributed by atoms with Crippen molar-refractivity contribution in [2.24, 2.45) is 5.41 Å². The molecule has 1 heterocycles. The lowest BCUT2D eigenvalue weighted by molar-refractivity contribution is -0.130. The second-order valence-corrected chi connectivity index (χ2v) is 5.06. The molecular weight excluding hydrogens is 178 g/mol. The van der Waals surface area contributed by atoms with Crippen molar-refractivity contribution in [3.8, 4) is 0 Å². The van der Waals surface area contributed by atoms with Gasteiger partial charge in [0.15, 0.2) is 0 Å². The molecule has 1 aliphatic rings. The molecule has 3 nitrogen and oxygen atoms in total. The number of rotatable bonds is 2. The van der Waals surface area contributed by atoms with Crippen LogP contribution in [0.4, 0.5) is 0 Å². The summed E-state index contributed by atoms with van der Waals surface area (Å²) in [7, 11) is 0. The van der Waals surface area contributed by atoms with E-state index < -0.39 is 0 Å². The highest BCUT2D eigenvalue weighted by atomic mass is 16.5. The molecule has 1 aliphatic heterocycles. The zero-order valence-corrected chi connectivity index (χ0v) is 9.59. The van der Waals surface area contributed by atoms with Gasteiger partial charge in [0.2, 0.25) is 5.91 Å². The number of amides is 1. The fraction of sp³-hybridized carbons (Fsp3) is 0.909. The zero-order valence-electron chi connectivity index (χ0n) is 9.59. The van der Waals surface area contributed by atoms with E-state index in [0.717, 1.165) is 19.4 Å². The molecule has 1 rings (SSSR count). The summed E-state index contributed by atoms with van der Waals surface area (Å²) >= 11 is 0. The van der Waals surface area contributed by atoms with Crippen LogP contribution in [0.5, 0.6) is 0 Å². The van der Waals surface area contributed by atoms with Gasteiger partial charge in [0.1, 0.15) is 0 Å². The number of carbonyl (C=O) groups excluding carboxylic acids is 1. The third kappa shape index (κ3) is 2.98. The molecule has 0 unspecified atom stereocenters. The van der Waals surface area contributed by atoms with Gasteiger partial charge in [0, 0.05) is 12.0 Å². The third-order valence-corrected chi connectivity index (χ3v) is 2.56. The maximum absolute atomic E-state index is 11.7. The van der Waals surface area contributed by atoms with E-state index in [0.29, 0.717) is 0 Å². The summed E-state index contributed by atoms with van der Waals surface area (Å²) in [5.74, 6) is 0.0977. The quantitative estimate of drug-likeness (QED) is 0.735. The number of carbonyl (C=O) groups is 1. The monoisotopic (exact) mass is 199 g/mol. The summed E-state index contributed by atoms with van der Waals surface area (Å²) in [5.41, 5.74) is -0.313. The lowest BCUT2D eigenvalue weighted by Crippen LogP contribution is -2.45. The smallest absolute Gasteiger partial charge is 0.225 e. The summed E-state index contributed by atoms with van der Waals surface area (Å²) in [6.45, 7) is 8.61. The van der Waals surface area contributed by atoms with Crippen LogP contribution in [0.3, 0.4) is 0 Å². The lowest BCUT2D eigenvalue weighted by Gasteiger charge is -2.25. The van der Waals surface area contributed by atoms with E-state index in [1.165, 1.54) is 0 Å². The fourth-order valence-electron chi connectivity index (χ4n) is 1.51. The number of hydrogen-bond donors (Lipinski definition) is 1. The molecule has 0 spiro atoms. The highest BCUT2D eigenvalue weighted by Gasteiger charge is 2.27. The van der Waals surface area contributed by atoms with Crippen molar-refractivity contribution in [2.75, 3.05) is 6.61 Å². The van der Waals surface area contributed by atoms with Crippen LogP contribution in [0.25, 0.3) is 0 Å². The van der Waals surface area contributed by atoms with Crippen molar-refractivity contribution in [3.05, 3.63) is 0 Å². The standard InChI is InChI=1S/C11H21NO2/c1-8(9-6-5-7-14-9)12-10(13)11(2,3)4/h8-9H,5-7H2,1-4H3,(H,12,13)/t8-,9+/m0/s1. The Labute approximate surface area is 86.2 Å². The van der Waals surface area contributed by atoms with Crippen molar-refractivity contribution >= 4 is 5.91 Å². The first-order valence-electron chi connectivity index (χ1n) is 5.34. The van der Waals surface area contributed by atoms with Crippen molar-refractivity contribution in [2.45, 2.75) is 52.7 Å². The predicted molar refractivity (Wildman–Crippen MR) is 56.0 cm³/mol. The maximum Gasteiger partial charge on any atom is 0.225 e. The van der Waals surface area contributed by atoms with Crippen molar-refractivity contribution in [1.29, 1.82) is 0 Å². The van der Waals surface area contributed by atoms with Gasteiger partial charge in [0.25, 0.3) is 0 Å². The molecule has 0 radical (unpaired) electrons. The molecule has 1 saturated heterocycles. The molecule has 0 aromatic rings. The molecule has 0 aromatic heterocycles. The van der Waals surface area contributed by atoms with Gasteiger partial charge < -0.3 is 10.1 Å². The molecule has 82 valence electrons. The molecule has 14 heavy (non-hydrogen) atoms. The van der Waals surface area contributed by atoms with Gasteiger partial charge in [-0.1, -0.05) is 20.8 Å². The minimum atomic E-state index is -0.313. The Morgan fingerprint density at radius 2 is 2.14 bits per heavy atom. The van der Waals surface area contributed by atoms with Crippen LogP contribution in [0.2, 0.25) is 0 Å². The molecule has 1 N–H and O–H groups in total. The highest BCUT2D eigenvalue weighted by Crippen LogP contribution is 2.18. The van der Waals surface area contributed by atoms with E-state index in [1.54, 1.807) is 0 Å². The maximum atomic E-state index is 11.7. The molecule has 2 atom stereocenters. The molecule has 3 heteroatoms. The minimum Gasteiger partial charge on any atom is -0.376 e. The average Bonchev–Trinajstić information content (AvgIpc) is 2.53. The molecule has 0 aliphatic carbocycles. The van der Waals surface area contributed by atoms with E-state index >= 15 is 0 Å². The van der Waals surface area contributed by atoms with Crippen LogP contribution >= 0.6 is 0 Å². The zero-order chi connectivity index (χ0) is 10.8. The average molecular weight is 199 g/mol. The normalized spacial score (nSPS) is 24.7. The van der Waals surface area contributed by atoms with Gasteiger partial charge in [-0.15, -0.1) is 0 Å². The minimum absolute atomic E-state index is 0.0977. The Bertz CT molecular complexity index is 202. The van der Waals surface area contributed by atoms with E-state index in [2.05, 4.69) is 5.32 Å². The molecule has 1 fully saturated rings. The summed E-state index contributed by atoms with van der Waals surface area (Å²) in [5, 5.41) is 3.00. The van der Waals surface area contributed by atoms with Crippen LogP contribution in [-0.2, 0) is 9.53 Å². The van der Waals surface area contributed by atoms with Crippen molar-refractivity contribution < 1.29 is 9.53 Å². The van der Waals surface area contributed by atoms with Crippen molar-refractivity contribution in [1.82, 2.24) is 5.32 Å². The summed E-state index contributed by atoms with van der Waals surface area (Å²) in [4.78, 5) is 11.7. The van der Waals surface area contributed by atoms with Gasteiger partial charge in [-0.2, -0.15) is 0 Å². The van der Waals surface area contributed by atoms with E-state index in [-0.39, 0.29) is 23.5 Å². The van der Waals surface area contributed by atoms with Crippen LogP contribution in [0.15, 0.2) is 0 Å². The molecule has 0 aromatic carbocycles. The fourth-order valence-corrected chi connectivity index (χ4v) is 1.51. The Balaban J connectivity index is 2.39. The Morgan fingerprint density at radius 1 is 1.50 bits per heavy atom. The molecule has 0 saturated carbocycles. The molecule has 0 bridgehead atoms. The van der Waals surface area contributed by atoms with Crippen LogP contribution in [0, 0.1) is 5.41 Å². The van der Waals surface area contributed by atoms with Gasteiger partial charge in [-0.3, -0.25) is 4.79 Å². The summed E-state index contributed by atoms with van der Waals surface area (Å²) in [6, 6.07) is 0.129. The van der Waals surface area contributed by atoms with Crippen LogP contribution < -0.4 is 5.32 Å². The Kier molecular flexibility index (Phi) is 3.53. The van der Waals surface area contributed by atoms with Crippen molar-refractivity contribution in [3.63, 3.8) is 0 Å².